The van der Waals surface area contributed by atoms with Crippen molar-refractivity contribution in [1.29, 1.82) is 5.41 Å². The van der Waals surface area contributed by atoms with E-state index in [2.05, 4.69) is 4.98 Å². The van der Waals surface area contributed by atoms with Crippen molar-refractivity contribution in [3.8, 4) is 5.75 Å². The van der Waals surface area contributed by atoms with Crippen molar-refractivity contribution in [1.82, 2.24) is 14.5 Å². The van der Waals surface area contributed by atoms with Gasteiger partial charge in [-0.05, 0) is 35.7 Å². The fraction of sp³-hybridized carbons (Fsp3) is 0.160. The molecular formula is C25H24N4O3. The number of carbonyl (C=O) groups excluding carboxylic acids is 1. The van der Waals surface area contributed by atoms with Crippen molar-refractivity contribution in [2.45, 2.75) is 6.42 Å². The minimum absolute atomic E-state index is 0. The minimum atomic E-state index is -0.166. The van der Waals surface area contributed by atoms with E-state index in [1.165, 1.54) is 6.21 Å². The van der Waals surface area contributed by atoms with E-state index in [0.29, 0.717) is 25.3 Å². The second-order valence-corrected chi connectivity index (χ2v) is 7.70. The minimum Gasteiger partial charge on any atom is -0.483 e. The molecule has 1 aromatic heterocycles. The van der Waals surface area contributed by atoms with Gasteiger partial charge in [-0.3, -0.25) is 9.36 Å². The number of H-pyrrole nitrogens is 1. The Hall–Kier alpha value is -4.13. The third kappa shape index (κ3) is 3.47. The highest BCUT2D eigenvalue weighted by Gasteiger charge is 2.21. The summed E-state index contributed by atoms with van der Waals surface area (Å²) in [5.41, 5.74) is 3.17. The van der Waals surface area contributed by atoms with Crippen molar-refractivity contribution in [3.05, 3.63) is 82.8 Å². The number of hydrogen-bond acceptors (Lipinski definition) is 4. The van der Waals surface area contributed by atoms with E-state index >= 15 is 0 Å². The Bertz CT molecular complexity index is 1440. The number of ether oxygens (including phenoxy) is 1. The number of aromatic nitrogens is 2. The Balaban J connectivity index is 0.00000259. The van der Waals surface area contributed by atoms with Crippen LogP contribution in [0.4, 0.5) is 0 Å². The van der Waals surface area contributed by atoms with Gasteiger partial charge in [-0.2, -0.15) is 0 Å². The van der Waals surface area contributed by atoms with E-state index in [1.54, 1.807) is 15.5 Å². The molecule has 1 aliphatic rings. The van der Waals surface area contributed by atoms with Gasteiger partial charge in [-0.25, -0.2) is 4.79 Å². The fourth-order valence-corrected chi connectivity index (χ4v) is 4.21. The molecule has 32 heavy (non-hydrogen) atoms. The molecule has 0 bridgehead atoms. The zero-order chi connectivity index (χ0) is 22.1. The molecule has 1 aliphatic heterocycles. The lowest BCUT2D eigenvalue weighted by atomic mass is 10.0. The predicted octanol–water partition coefficient (Wildman–Crippen LogP) is 3.88. The normalized spacial score (nSPS) is 13.9. The van der Waals surface area contributed by atoms with Crippen molar-refractivity contribution < 1.29 is 11.0 Å². The van der Waals surface area contributed by atoms with Gasteiger partial charge in [0, 0.05) is 43.8 Å². The number of amides is 1. The molecular weight excluding hydrogens is 404 g/mol. The standard InChI is InChI=1S/C25H22N4O3.H2/c26-15-17-9-10-23(20-6-2-1-5-19(17)20)32-16-24(30)28-13-11-18(12-14-28)29-22-8-4-3-7-21(22)27-25(29)31;/h1-11,15,26H,12-14,16H2,(H,27,31);1H. The van der Waals surface area contributed by atoms with Crippen LogP contribution in [-0.2, 0) is 4.79 Å². The van der Waals surface area contributed by atoms with Crippen molar-refractivity contribution in [3.63, 3.8) is 0 Å². The highest BCUT2D eigenvalue weighted by atomic mass is 16.5. The molecule has 7 heteroatoms. The van der Waals surface area contributed by atoms with Crippen LogP contribution in [-0.4, -0.2) is 46.3 Å². The lowest BCUT2D eigenvalue weighted by Gasteiger charge is -2.27. The molecule has 2 heterocycles. The van der Waals surface area contributed by atoms with Crippen LogP contribution < -0.4 is 10.4 Å². The summed E-state index contributed by atoms with van der Waals surface area (Å²) in [4.78, 5) is 29.8. The Morgan fingerprint density at radius 3 is 2.66 bits per heavy atom. The molecule has 0 atom stereocenters. The molecule has 162 valence electrons. The number of aromatic amines is 1. The molecule has 2 N–H and O–H groups in total. The summed E-state index contributed by atoms with van der Waals surface area (Å²) >= 11 is 0. The van der Waals surface area contributed by atoms with Gasteiger partial charge in [-0.1, -0.05) is 36.4 Å². The van der Waals surface area contributed by atoms with E-state index in [-0.39, 0.29) is 19.6 Å². The fourth-order valence-electron chi connectivity index (χ4n) is 4.21. The lowest BCUT2D eigenvalue weighted by Crippen LogP contribution is -2.38. The monoisotopic (exact) mass is 428 g/mol. The molecule has 0 saturated heterocycles. The van der Waals surface area contributed by atoms with Gasteiger partial charge in [0.15, 0.2) is 6.61 Å². The summed E-state index contributed by atoms with van der Waals surface area (Å²) in [6, 6.07) is 18.9. The van der Waals surface area contributed by atoms with Crippen molar-refractivity contribution in [2.24, 2.45) is 0 Å². The second kappa shape index (κ2) is 8.19. The predicted molar refractivity (Wildman–Crippen MR) is 127 cm³/mol. The quantitative estimate of drug-likeness (QED) is 0.473. The van der Waals surface area contributed by atoms with Crippen LogP contribution in [0.2, 0.25) is 0 Å². The number of hydrogen-bond donors (Lipinski definition) is 2. The Morgan fingerprint density at radius 2 is 1.88 bits per heavy atom. The van der Waals surface area contributed by atoms with Gasteiger partial charge in [0.05, 0.1) is 11.0 Å². The summed E-state index contributed by atoms with van der Waals surface area (Å²) in [6.07, 6.45) is 3.83. The third-order valence-electron chi connectivity index (χ3n) is 5.84. The van der Waals surface area contributed by atoms with Crippen LogP contribution in [0.15, 0.2) is 71.5 Å². The smallest absolute Gasteiger partial charge is 0.330 e. The van der Waals surface area contributed by atoms with E-state index in [4.69, 9.17) is 10.1 Å². The summed E-state index contributed by atoms with van der Waals surface area (Å²) in [5, 5.41) is 9.37. The molecule has 5 rings (SSSR count). The second-order valence-electron chi connectivity index (χ2n) is 7.70. The molecule has 0 radical (unpaired) electrons. The molecule has 0 spiro atoms. The van der Waals surface area contributed by atoms with Crippen LogP contribution in [0.1, 0.15) is 13.4 Å². The van der Waals surface area contributed by atoms with E-state index in [9.17, 15) is 9.59 Å². The number of fused-ring (bicyclic) bond motifs is 2. The number of benzene rings is 3. The van der Waals surface area contributed by atoms with Gasteiger partial charge in [-0.15, -0.1) is 0 Å². The highest BCUT2D eigenvalue weighted by Crippen LogP contribution is 2.28. The van der Waals surface area contributed by atoms with Crippen LogP contribution in [0.5, 0.6) is 5.75 Å². The maximum absolute atomic E-state index is 12.8. The van der Waals surface area contributed by atoms with Gasteiger partial charge >= 0.3 is 5.69 Å². The van der Waals surface area contributed by atoms with Crippen LogP contribution in [0.25, 0.3) is 27.5 Å². The maximum atomic E-state index is 12.8. The van der Waals surface area contributed by atoms with E-state index < -0.39 is 0 Å². The molecule has 7 nitrogen and oxygen atoms in total. The molecule has 3 aromatic carbocycles. The Morgan fingerprint density at radius 1 is 1.09 bits per heavy atom. The number of nitrogens with zero attached hydrogens (tertiary/aromatic N) is 2. The zero-order valence-electron chi connectivity index (χ0n) is 17.4. The van der Waals surface area contributed by atoms with Gasteiger partial charge < -0.3 is 20.0 Å². The number of rotatable bonds is 5. The number of para-hydroxylation sites is 2. The summed E-state index contributed by atoms with van der Waals surface area (Å²) in [7, 11) is 0. The summed E-state index contributed by atoms with van der Waals surface area (Å²) in [5.74, 6) is 0.518. The first kappa shape index (κ1) is 19.8. The van der Waals surface area contributed by atoms with E-state index in [0.717, 1.165) is 33.1 Å². The average molecular weight is 428 g/mol. The van der Waals surface area contributed by atoms with Crippen molar-refractivity contribution >= 4 is 39.6 Å². The largest absolute Gasteiger partial charge is 0.483 e. The highest BCUT2D eigenvalue weighted by molar-refractivity contribution is 6.01. The number of nitrogens with one attached hydrogen (secondary N) is 2. The SMILES string of the molecule is N=Cc1ccc(OCC(=O)N2CC=C(n3c(=O)[nH]c4ccccc43)CC2)c2ccccc12.[HH]. The molecule has 0 saturated carbocycles. The summed E-state index contributed by atoms with van der Waals surface area (Å²) < 4.78 is 7.55. The molecule has 1 amide bonds. The van der Waals surface area contributed by atoms with Crippen LogP contribution >= 0.6 is 0 Å². The molecule has 0 fully saturated rings. The van der Waals surface area contributed by atoms with Gasteiger partial charge in [0.1, 0.15) is 5.75 Å². The number of imidazole rings is 1. The van der Waals surface area contributed by atoms with Crippen molar-refractivity contribution in [2.75, 3.05) is 19.7 Å². The van der Waals surface area contributed by atoms with E-state index in [1.807, 2.05) is 60.7 Å². The molecule has 0 aliphatic carbocycles. The van der Waals surface area contributed by atoms with Crippen LogP contribution in [0.3, 0.4) is 0 Å². The Labute approximate surface area is 185 Å². The first-order valence-electron chi connectivity index (χ1n) is 10.5. The first-order valence-corrected chi connectivity index (χ1v) is 10.5. The van der Waals surface area contributed by atoms with Gasteiger partial charge in [0.2, 0.25) is 0 Å². The topological polar surface area (TPSA) is 91.2 Å². The molecule has 4 aromatic rings. The molecule has 0 unspecified atom stereocenters. The zero-order valence-corrected chi connectivity index (χ0v) is 17.4. The maximum Gasteiger partial charge on any atom is 0.330 e. The third-order valence-corrected chi connectivity index (χ3v) is 5.84. The first-order chi connectivity index (χ1) is 15.7. The average Bonchev–Trinajstić information content (AvgIpc) is 3.18. The number of carbonyl (C=O) groups is 1. The van der Waals surface area contributed by atoms with Gasteiger partial charge in [0.25, 0.3) is 5.91 Å². The lowest BCUT2D eigenvalue weighted by molar-refractivity contribution is -0.132. The summed E-state index contributed by atoms with van der Waals surface area (Å²) in [6.45, 7) is 0.883. The van der Waals surface area contributed by atoms with Crippen LogP contribution in [0, 0.1) is 5.41 Å². The Kier molecular flexibility index (Phi) is 5.07.